The fourth-order valence-corrected chi connectivity index (χ4v) is 2.45. The number of nitrogens with zero attached hydrogens (tertiary/aromatic N) is 4. The van der Waals surface area contributed by atoms with Crippen molar-refractivity contribution in [3.05, 3.63) is 23.0 Å². The highest BCUT2D eigenvalue weighted by Crippen LogP contribution is 2.30. The summed E-state index contributed by atoms with van der Waals surface area (Å²) in [6, 6.07) is 4.16. The van der Waals surface area contributed by atoms with Crippen molar-refractivity contribution in [1.29, 1.82) is 5.26 Å². The SMILES string of the molecule is CCc1nnc(C)cc1C(=O)N1CCC(C)(C#N)CC1. The third kappa shape index (κ3) is 2.79. The lowest BCUT2D eigenvalue weighted by Crippen LogP contribution is -2.42. The second-order valence-electron chi connectivity index (χ2n) is 5.66. The van der Waals surface area contributed by atoms with Crippen LogP contribution in [-0.2, 0) is 6.42 Å². The molecule has 0 N–H and O–H groups in total. The van der Waals surface area contributed by atoms with Crippen LogP contribution in [0.15, 0.2) is 6.07 Å². The van der Waals surface area contributed by atoms with E-state index in [0.29, 0.717) is 25.1 Å². The molecule has 1 saturated heterocycles. The van der Waals surface area contributed by atoms with E-state index in [2.05, 4.69) is 16.3 Å². The number of aryl methyl sites for hydroxylation is 2. The van der Waals surface area contributed by atoms with E-state index in [1.54, 1.807) is 0 Å². The molecule has 1 aliphatic heterocycles. The number of nitriles is 1. The Morgan fingerprint density at radius 1 is 1.45 bits per heavy atom. The number of hydrogen-bond donors (Lipinski definition) is 0. The van der Waals surface area contributed by atoms with Crippen molar-refractivity contribution < 1.29 is 4.79 Å². The van der Waals surface area contributed by atoms with Gasteiger partial charge in [0, 0.05) is 13.1 Å². The Labute approximate surface area is 119 Å². The minimum absolute atomic E-state index is 0.0137. The van der Waals surface area contributed by atoms with E-state index in [-0.39, 0.29) is 11.3 Å². The van der Waals surface area contributed by atoms with Gasteiger partial charge in [-0.15, -0.1) is 0 Å². The number of aromatic nitrogens is 2. The number of likely N-dealkylation sites (tertiary alicyclic amines) is 1. The van der Waals surface area contributed by atoms with Crippen LogP contribution in [0.3, 0.4) is 0 Å². The Morgan fingerprint density at radius 3 is 2.65 bits per heavy atom. The Morgan fingerprint density at radius 2 is 2.10 bits per heavy atom. The number of carbonyl (C=O) groups excluding carboxylic acids is 1. The monoisotopic (exact) mass is 272 g/mol. The summed E-state index contributed by atoms with van der Waals surface area (Å²) in [5, 5.41) is 17.3. The van der Waals surface area contributed by atoms with Crippen LogP contribution in [0.1, 0.15) is 48.4 Å². The molecule has 2 rings (SSSR count). The average molecular weight is 272 g/mol. The van der Waals surface area contributed by atoms with E-state index in [9.17, 15) is 4.79 Å². The number of hydrogen-bond acceptors (Lipinski definition) is 4. The predicted octanol–water partition coefficient (Wildman–Crippen LogP) is 2.11. The first-order valence-electron chi connectivity index (χ1n) is 7.03. The molecule has 0 aliphatic carbocycles. The summed E-state index contributed by atoms with van der Waals surface area (Å²) in [6.45, 7) is 7.04. The van der Waals surface area contributed by atoms with Gasteiger partial charge in [0.2, 0.25) is 0 Å². The van der Waals surface area contributed by atoms with Crippen molar-refractivity contribution in [2.45, 2.75) is 40.0 Å². The lowest BCUT2D eigenvalue weighted by atomic mass is 9.82. The van der Waals surface area contributed by atoms with Crippen LogP contribution in [0.5, 0.6) is 0 Å². The van der Waals surface area contributed by atoms with Crippen molar-refractivity contribution in [2.75, 3.05) is 13.1 Å². The van der Waals surface area contributed by atoms with Crippen molar-refractivity contribution in [1.82, 2.24) is 15.1 Å². The van der Waals surface area contributed by atoms with E-state index < -0.39 is 0 Å². The molecule has 1 aliphatic rings. The number of rotatable bonds is 2. The molecule has 0 atom stereocenters. The number of carbonyl (C=O) groups is 1. The Balaban J connectivity index is 2.17. The number of amides is 1. The summed E-state index contributed by atoms with van der Waals surface area (Å²) in [4.78, 5) is 14.4. The van der Waals surface area contributed by atoms with Crippen LogP contribution in [0.4, 0.5) is 0 Å². The van der Waals surface area contributed by atoms with Gasteiger partial charge in [-0.1, -0.05) is 6.92 Å². The summed E-state index contributed by atoms with van der Waals surface area (Å²) in [6.07, 6.45) is 2.15. The molecule has 5 heteroatoms. The lowest BCUT2D eigenvalue weighted by Gasteiger charge is -2.35. The lowest BCUT2D eigenvalue weighted by molar-refractivity contribution is 0.0659. The maximum absolute atomic E-state index is 12.6. The molecule has 1 fully saturated rings. The Kier molecular flexibility index (Phi) is 4.03. The molecule has 0 radical (unpaired) electrons. The van der Waals surface area contributed by atoms with Gasteiger partial charge >= 0.3 is 0 Å². The van der Waals surface area contributed by atoms with Crippen molar-refractivity contribution >= 4 is 5.91 Å². The average Bonchev–Trinajstić information content (AvgIpc) is 2.47. The predicted molar refractivity (Wildman–Crippen MR) is 75.0 cm³/mol. The Bertz CT molecular complexity index is 553. The van der Waals surface area contributed by atoms with Gasteiger partial charge in [0.05, 0.1) is 28.4 Å². The van der Waals surface area contributed by atoms with Gasteiger partial charge in [-0.3, -0.25) is 4.79 Å². The largest absolute Gasteiger partial charge is 0.338 e. The van der Waals surface area contributed by atoms with Gasteiger partial charge in [-0.05, 0) is 39.2 Å². The summed E-state index contributed by atoms with van der Waals surface area (Å²) in [5.74, 6) is 0.0137. The van der Waals surface area contributed by atoms with Gasteiger partial charge in [0.25, 0.3) is 5.91 Å². The maximum Gasteiger partial charge on any atom is 0.255 e. The third-order valence-corrected chi connectivity index (χ3v) is 3.98. The van der Waals surface area contributed by atoms with Gasteiger partial charge in [-0.2, -0.15) is 15.5 Å². The minimum Gasteiger partial charge on any atom is -0.338 e. The topological polar surface area (TPSA) is 69.9 Å². The minimum atomic E-state index is -0.295. The van der Waals surface area contributed by atoms with Gasteiger partial charge in [0.15, 0.2) is 0 Å². The molecule has 5 nitrogen and oxygen atoms in total. The quantitative estimate of drug-likeness (QED) is 0.826. The molecule has 20 heavy (non-hydrogen) atoms. The van der Waals surface area contributed by atoms with Crippen LogP contribution >= 0.6 is 0 Å². The van der Waals surface area contributed by atoms with Crippen LogP contribution < -0.4 is 0 Å². The third-order valence-electron chi connectivity index (χ3n) is 3.98. The number of piperidine rings is 1. The smallest absolute Gasteiger partial charge is 0.255 e. The standard InChI is InChI=1S/C15H20N4O/c1-4-13-12(9-11(2)17-18-13)14(20)19-7-5-15(3,10-16)6-8-19/h9H,4-8H2,1-3H3. The zero-order valence-electron chi connectivity index (χ0n) is 12.3. The summed E-state index contributed by atoms with van der Waals surface area (Å²) < 4.78 is 0. The van der Waals surface area contributed by atoms with Gasteiger partial charge < -0.3 is 4.90 Å². The van der Waals surface area contributed by atoms with E-state index in [4.69, 9.17) is 5.26 Å². The summed E-state index contributed by atoms with van der Waals surface area (Å²) in [7, 11) is 0. The van der Waals surface area contributed by atoms with Crippen LogP contribution in [-0.4, -0.2) is 34.1 Å². The highest BCUT2D eigenvalue weighted by molar-refractivity contribution is 5.95. The first-order valence-corrected chi connectivity index (χ1v) is 7.03. The maximum atomic E-state index is 12.6. The normalized spacial score (nSPS) is 17.6. The first kappa shape index (κ1) is 14.4. The van der Waals surface area contributed by atoms with E-state index in [0.717, 1.165) is 24.2 Å². The molecule has 0 aromatic carbocycles. The molecule has 1 aromatic heterocycles. The molecule has 2 heterocycles. The molecule has 0 bridgehead atoms. The molecule has 106 valence electrons. The molecular formula is C15H20N4O. The van der Waals surface area contributed by atoms with Crippen molar-refractivity contribution in [3.8, 4) is 6.07 Å². The zero-order valence-corrected chi connectivity index (χ0v) is 12.3. The molecule has 0 spiro atoms. The van der Waals surface area contributed by atoms with Gasteiger partial charge in [-0.25, -0.2) is 0 Å². The van der Waals surface area contributed by atoms with Gasteiger partial charge in [0.1, 0.15) is 0 Å². The van der Waals surface area contributed by atoms with Crippen molar-refractivity contribution in [3.63, 3.8) is 0 Å². The summed E-state index contributed by atoms with van der Waals surface area (Å²) in [5.41, 5.74) is 1.86. The molecular weight excluding hydrogens is 252 g/mol. The zero-order chi connectivity index (χ0) is 14.8. The van der Waals surface area contributed by atoms with E-state index in [1.165, 1.54) is 0 Å². The second kappa shape index (κ2) is 5.58. The van der Waals surface area contributed by atoms with Crippen LogP contribution in [0, 0.1) is 23.7 Å². The highest BCUT2D eigenvalue weighted by Gasteiger charge is 2.32. The van der Waals surface area contributed by atoms with Crippen LogP contribution in [0.2, 0.25) is 0 Å². The molecule has 1 aromatic rings. The van der Waals surface area contributed by atoms with Crippen LogP contribution in [0.25, 0.3) is 0 Å². The highest BCUT2D eigenvalue weighted by atomic mass is 16.2. The first-order chi connectivity index (χ1) is 9.49. The molecule has 1 amide bonds. The fraction of sp³-hybridized carbons (Fsp3) is 0.600. The second-order valence-corrected chi connectivity index (χ2v) is 5.66. The fourth-order valence-electron chi connectivity index (χ4n) is 2.45. The summed E-state index contributed by atoms with van der Waals surface area (Å²) >= 11 is 0. The van der Waals surface area contributed by atoms with E-state index in [1.807, 2.05) is 31.7 Å². The Hall–Kier alpha value is -1.96. The van der Waals surface area contributed by atoms with Crippen molar-refractivity contribution in [2.24, 2.45) is 5.41 Å². The van der Waals surface area contributed by atoms with E-state index >= 15 is 0 Å². The molecule has 0 saturated carbocycles. The molecule has 0 unspecified atom stereocenters.